The van der Waals surface area contributed by atoms with Crippen LogP contribution in [0, 0.1) is 0 Å². The number of nitrogens with zero attached hydrogens (tertiary/aromatic N) is 2. The Bertz CT molecular complexity index is 767. The molecular formula is C17H16ClN3. The average Bonchev–Trinajstić information content (AvgIpc) is 2.47. The van der Waals surface area contributed by atoms with Gasteiger partial charge in [-0.05, 0) is 35.7 Å². The Hall–Kier alpha value is -2.26. The van der Waals surface area contributed by atoms with E-state index in [2.05, 4.69) is 27.3 Å². The van der Waals surface area contributed by atoms with Crippen LogP contribution in [0.15, 0.2) is 54.6 Å². The summed E-state index contributed by atoms with van der Waals surface area (Å²) in [5.74, 6) is 0.774. The summed E-state index contributed by atoms with van der Waals surface area (Å²) in [5, 5.41) is 5.96. The van der Waals surface area contributed by atoms with E-state index in [9.17, 15) is 0 Å². The van der Waals surface area contributed by atoms with Gasteiger partial charge in [-0.25, -0.2) is 4.98 Å². The van der Waals surface area contributed by atoms with E-state index < -0.39 is 0 Å². The van der Waals surface area contributed by atoms with Crippen LogP contribution in [-0.4, -0.2) is 19.1 Å². The highest BCUT2D eigenvalue weighted by Crippen LogP contribution is 2.27. The molecule has 0 unspecified atom stereocenters. The number of anilines is 3. The number of pyridine rings is 1. The molecule has 2 aromatic carbocycles. The van der Waals surface area contributed by atoms with Gasteiger partial charge in [-0.3, -0.25) is 0 Å². The number of fused-ring (bicyclic) bond motifs is 1. The summed E-state index contributed by atoms with van der Waals surface area (Å²) in [5.41, 5.74) is 2.14. The molecule has 0 fully saturated rings. The van der Waals surface area contributed by atoms with Crippen molar-refractivity contribution in [2.24, 2.45) is 0 Å². The SMILES string of the molecule is CN(C)c1ccc(Nc2nc(Cl)cc3ccccc23)cc1. The van der Waals surface area contributed by atoms with Crippen molar-refractivity contribution < 1.29 is 0 Å². The number of rotatable bonds is 3. The van der Waals surface area contributed by atoms with Crippen molar-refractivity contribution in [3.05, 3.63) is 59.8 Å². The highest BCUT2D eigenvalue weighted by Gasteiger charge is 2.05. The fourth-order valence-corrected chi connectivity index (χ4v) is 2.44. The van der Waals surface area contributed by atoms with E-state index in [-0.39, 0.29) is 0 Å². The minimum atomic E-state index is 0.487. The van der Waals surface area contributed by atoms with Gasteiger partial charge in [0.05, 0.1) is 0 Å². The number of nitrogens with one attached hydrogen (secondary N) is 1. The van der Waals surface area contributed by atoms with Gasteiger partial charge in [0.1, 0.15) is 11.0 Å². The second kappa shape index (κ2) is 5.62. The zero-order valence-electron chi connectivity index (χ0n) is 12.0. The van der Waals surface area contributed by atoms with Crippen LogP contribution >= 0.6 is 11.6 Å². The smallest absolute Gasteiger partial charge is 0.140 e. The third-order valence-corrected chi connectivity index (χ3v) is 3.55. The van der Waals surface area contributed by atoms with Crippen molar-refractivity contribution in [1.82, 2.24) is 4.98 Å². The van der Waals surface area contributed by atoms with Gasteiger partial charge in [-0.1, -0.05) is 35.9 Å². The van der Waals surface area contributed by atoms with Crippen molar-refractivity contribution in [1.29, 1.82) is 0 Å². The van der Waals surface area contributed by atoms with Crippen LogP contribution in [0.3, 0.4) is 0 Å². The lowest BCUT2D eigenvalue weighted by atomic mass is 10.1. The van der Waals surface area contributed by atoms with Gasteiger partial charge in [0, 0.05) is 30.9 Å². The van der Waals surface area contributed by atoms with E-state index in [1.807, 2.05) is 56.6 Å². The van der Waals surface area contributed by atoms with Gasteiger partial charge in [-0.15, -0.1) is 0 Å². The Morgan fingerprint density at radius 1 is 1.00 bits per heavy atom. The molecule has 3 rings (SSSR count). The lowest BCUT2D eigenvalue weighted by Gasteiger charge is -2.14. The summed E-state index contributed by atoms with van der Waals surface area (Å²) in [4.78, 5) is 6.46. The summed E-state index contributed by atoms with van der Waals surface area (Å²) in [6.07, 6.45) is 0. The quantitative estimate of drug-likeness (QED) is 0.710. The van der Waals surface area contributed by atoms with Crippen molar-refractivity contribution in [2.75, 3.05) is 24.3 Å². The summed E-state index contributed by atoms with van der Waals surface area (Å²) in [7, 11) is 4.04. The molecule has 0 aliphatic heterocycles. The first-order valence-corrected chi connectivity index (χ1v) is 7.11. The predicted octanol–water partition coefficient (Wildman–Crippen LogP) is 4.70. The van der Waals surface area contributed by atoms with E-state index in [4.69, 9.17) is 11.6 Å². The molecule has 0 bridgehead atoms. The Morgan fingerprint density at radius 3 is 2.43 bits per heavy atom. The third-order valence-electron chi connectivity index (χ3n) is 3.36. The van der Waals surface area contributed by atoms with Crippen LogP contribution in [0.2, 0.25) is 5.15 Å². The van der Waals surface area contributed by atoms with Gasteiger partial charge in [0.15, 0.2) is 0 Å². The molecule has 3 aromatic rings. The molecular weight excluding hydrogens is 282 g/mol. The van der Waals surface area contributed by atoms with Crippen LogP contribution in [-0.2, 0) is 0 Å². The highest BCUT2D eigenvalue weighted by molar-refractivity contribution is 6.30. The van der Waals surface area contributed by atoms with Gasteiger partial charge in [-0.2, -0.15) is 0 Å². The maximum Gasteiger partial charge on any atom is 0.140 e. The molecule has 21 heavy (non-hydrogen) atoms. The van der Waals surface area contributed by atoms with E-state index >= 15 is 0 Å². The molecule has 106 valence electrons. The summed E-state index contributed by atoms with van der Waals surface area (Å²) in [6, 6.07) is 18.1. The Balaban J connectivity index is 1.97. The lowest BCUT2D eigenvalue weighted by molar-refractivity contribution is 1.13. The zero-order chi connectivity index (χ0) is 14.8. The lowest BCUT2D eigenvalue weighted by Crippen LogP contribution is -2.08. The van der Waals surface area contributed by atoms with Gasteiger partial charge in [0.2, 0.25) is 0 Å². The number of aromatic nitrogens is 1. The third kappa shape index (κ3) is 2.93. The van der Waals surface area contributed by atoms with E-state index in [0.29, 0.717) is 5.15 Å². The van der Waals surface area contributed by atoms with Crippen molar-refractivity contribution in [3.63, 3.8) is 0 Å². The van der Waals surface area contributed by atoms with Crippen molar-refractivity contribution in [2.45, 2.75) is 0 Å². The molecule has 4 heteroatoms. The first-order valence-electron chi connectivity index (χ1n) is 6.73. The Kier molecular flexibility index (Phi) is 3.67. The molecule has 1 aromatic heterocycles. The van der Waals surface area contributed by atoms with Crippen LogP contribution in [0.25, 0.3) is 10.8 Å². The normalized spacial score (nSPS) is 10.6. The Labute approximate surface area is 129 Å². The summed E-state index contributed by atoms with van der Waals surface area (Å²) < 4.78 is 0. The molecule has 0 aliphatic rings. The maximum absolute atomic E-state index is 6.10. The molecule has 0 amide bonds. The maximum atomic E-state index is 6.10. The first-order chi connectivity index (χ1) is 10.1. The van der Waals surface area contributed by atoms with Crippen molar-refractivity contribution in [3.8, 4) is 0 Å². The second-order valence-corrected chi connectivity index (χ2v) is 5.47. The van der Waals surface area contributed by atoms with Crippen LogP contribution in [0.4, 0.5) is 17.2 Å². The van der Waals surface area contributed by atoms with Crippen LogP contribution in [0.1, 0.15) is 0 Å². The fourth-order valence-electron chi connectivity index (χ4n) is 2.24. The zero-order valence-corrected chi connectivity index (χ0v) is 12.7. The van der Waals surface area contributed by atoms with Crippen LogP contribution in [0.5, 0.6) is 0 Å². The Morgan fingerprint density at radius 2 is 1.71 bits per heavy atom. The topological polar surface area (TPSA) is 28.2 Å². The van der Waals surface area contributed by atoms with Gasteiger partial charge >= 0.3 is 0 Å². The molecule has 0 saturated heterocycles. The summed E-state index contributed by atoms with van der Waals surface area (Å²) in [6.45, 7) is 0. The molecule has 0 radical (unpaired) electrons. The van der Waals surface area contributed by atoms with Gasteiger partial charge in [0.25, 0.3) is 0 Å². The average molecular weight is 298 g/mol. The second-order valence-electron chi connectivity index (χ2n) is 5.08. The number of halogens is 1. The number of hydrogen-bond donors (Lipinski definition) is 1. The predicted molar refractivity (Wildman–Crippen MR) is 90.8 cm³/mol. The molecule has 0 atom stereocenters. The molecule has 1 heterocycles. The number of hydrogen-bond acceptors (Lipinski definition) is 3. The van der Waals surface area contributed by atoms with Crippen LogP contribution < -0.4 is 10.2 Å². The molecule has 0 saturated carbocycles. The number of benzene rings is 2. The van der Waals surface area contributed by atoms with E-state index in [1.54, 1.807) is 0 Å². The fraction of sp³-hybridized carbons (Fsp3) is 0.118. The van der Waals surface area contributed by atoms with E-state index in [0.717, 1.165) is 28.0 Å². The molecule has 3 nitrogen and oxygen atoms in total. The minimum Gasteiger partial charge on any atom is -0.378 e. The first kappa shape index (κ1) is 13.7. The molecule has 0 spiro atoms. The molecule has 1 N–H and O–H groups in total. The minimum absolute atomic E-state index is 0.487. The van der Waals surface area contributed by atoms with Gasteiger partial charge < -0.3 is 10.2 Å². The standard InChI is InChI=1S/C17H16ClN3/c1-21(2)14-9-7-13(8-10-14)19-17-15-6-4-3-5-12(15)11-16(18)20-17/h3-11H,1-2H3,(H,19,20). The van der Waals surface area contributed by atoms with E-state index in [1.165, 1.54) is 0 Å². The highest BCUT2D eigenvalue weighted by atomic mass is 35.5. The summed E-state index contributed by atoms with van der Waals surface area (Å²) >= 11 is 6.10. The van der Waals surface area contributed by atoms with Crippen molar-refractivity contribution >= 4 is 39.6 Å². The monoisotopic (exact) mass is 297 g/mol. The molecule has 0 aliphatic carbocycles. The largest absolute Gasteiger partial charge is 0.378 e.